The molecule has 0 rings (SSSR count). The minimum absolute atomic E-state index is 0.0683. The van der Waals surface area contributed by atoms with Crippen molar-refractivity contribution in [2.45, 2.75) is 302 Å². The molecule has 9 heteroatoms. The normalized spacial score (nSPS) is 14.2. The van der Waals surface area contributed by atoms with Gasteiger partial charge in [-0.3, -0.25) is 13.8 Å². The van der Waals surface area contributed by atoms with Crippen LogP contribution in [-0.2, 0) is 18.4 Å². The highest BCUT2D eigenvalue weighted by Crippen LogP contribution is 2.43. The van der Waals surface area contributed by atoms with Gasteiger partial charge in [0.2, 0.25) is 5.91 Å². The predicted molar refractivity (Wildman–Crippen MR) is 309 cm³/mol. The first-order valence-corrected chi connectivity index (χ1v) is 32.0. The SMILES string of the molecule is CC/C=C\C/C=C\C/C=C\C/C=C\CCCCCCC(=O)NC(COP(=O)(O)OCC[N+](C)(C)C)C(O)CCCCCCCCCCCCCCCCCCCCCCCCCCCCCCCCCC. The van der Waals surface area contributed by atoms with E-state index in [1.807, 2.05) is 21.1 Å². The molecule has 0 fully saturated rings. The zero-order valence-corrected chi connectivity index (χ0v) is 48.6. The summed E-state index contributed by atoms with van der Waals surface area (Å²) in [4.78, 5) is 23.3. The number of rotatable bonds is 56. The second kappa shape index (κ2) is 53.3. The number of allylic oxidation sites excluding steroid dienone is 8. The maximum atomic E-state index is 13.0. The van der Waals surface area contributed by atoms with Crippen LogP contribution in [-0.4, -0.2) is 73.4 Å². The molecule has 0 saturated heterocycles. The first kappa shape index (κ1) is 69.5. The summed E-state index contributed by atoms with van der Waals surface area (Å²) in [6.45, 7) is 4.78. The van der Waals surface area contributed by atoms with Gasteiger partial charge in [-0.25, -0.2) is 4.57 Å². The summed E-state index contributed by atoms with van der Waals surface area (Å²) < 4.78 is 23.8. The molecule has 0 aliphatic rings. The van der Waals surface area contributed by atoms with E-state index in [0.29, 0.717) is 23.9 Å². The van der Waals surface area contributed by atoms with Gasteiger partial charge in [-0.15, -0.1) is 0 Å². The van der Waals surface area contributed by atoms with Gasteiger partial charge in [-0.2, -0.15) is 0 Å². The highest BCUT2D eigenvalue weighted by atomic mass is 31.2. The Morgan fingerprint density at radius 3 is 1.24 bits per heavy atom. The number of hydrogen-bond acceptors (Lipinski definition) is 5. The summed E-state index contributed by atoms with van der Waals surface area (Å²) in [5, 5.41) is 14.1. The van der Waals surface area contributed by atoms with Crippen molar-refractivity contribution in [1.29, 1.82) is 0 Å². The molecule has 0 aliphatic carbocycles. The number of phosphoric ester groups is 1. The zero-order chi connectivity index (χ0) is 52.0. The van der Waals surface area contributed by atoms with Crippen LogP contribution in [0.4, 0.5) is 0 Å². The lowest BCUT2D eigenvalue weighted by molar-refractivity contribution is -0.870. The number of nitrogens with zero attached hydrogens (tertiary/aromatic N) is 1. The van der Waals surface area contributed by atoms with Gasteiger partial charge >= 0.3 is 7.82 Å². The van der Waals surface area contributed by atoms with Crippen molar-refractivity contribution < 1.29 is 32.9 Å². The van der Waals surface area contributed by atoms with Crippen molar-refractivity contribution in [3.63, 3.8) is 0 Å². The Hall–Kier alpha value is -1.54. The van der Waals surface area contributed by atoms with Crippen LogP contribution in [0.1, 0.15) is 290 Å². The number of unbranched alkanes of at least 4 members (excludes halogenated alkanes) is 35. The number of nitrogens with one attached hydrogen (secondary N) is 1. The summed E-state index contributed by atoms with van der Waals surface area (Å²) in [5.41, 5.74) is 0. The fourth-order valence-electron chi connectivity index (χ4n) is 9.10. The Bertz CT molecular complexity index is 1290. The van der Waals surface area contributed by atoms with Crippen LogP contribution >= 0.6 is 7.82 Å². The van der Waals surface area contributed by atoms with Gasteiger partial charge in [0.05, 0.1) is 39.9 Å². The van der Waals surface area contributed by atoms with Crippen LogP contribution < -0.4 is 5.32 Å². The number of hydrogen-bond donors (Lipinski definition) is 3. The lowest BCUT2D eigenvalue weighted by Crippen LogP contribution is -2.46. The molecule has 3 atom stereocenters. The molecular weight excluding hydrogens is 900 g/mol. The van der Waals surface area contributed by atoms with E-state index in [0.717, 1.165) is 77.0 Å². The maximum absolute atomic E-state index is 13.0. The average Bonchev–Trinajstić information content (AvgIpc) is 3.33. The average molecular weight is 1020 g/mol. The molecule has 3 unspecified atom stereocenters. The highest BCUT2D eigenvalue weighted by molar-refractivity contribution is 7.47. The molecule has 0 aliphatic heterocycles. The molecule has 1 amide bonds. The third kappa shape index (κ3) is 56.0. The smallest absolute Gasteiger partial charge is 0.391 e. The first-order valence-electron chi connectivity index (χ1n) is 30.5. The van der Waals surface area contributed by atoms with Crippen LogP contribution in [0.5, 0.6) is 0 Å². The topological polar surface area (TPSA) is 105 Å². The first-order chi connectivity index (χ1) is 34.5. The highest BCUT2D eigenvalue weighted by Gasteiger charge is 2.28. The third-order valence-corrected chi connectivity index (χ3v) is 14.8. The van der Waals surface area contributed by atoms with E-state index < -0.39 is 20.0 Å². The zero-order valence-electron chi connectivity index (χ0n) is 47.7. The molecule has 0 bridgehead atoms. The van der Waals surface area contributed by atoms with Crippen molar-refractivity contribution in [1.82, 2.24) is 5.32 Å². The van der Waals surface area contributed by atoms with Crippen molar-refractivity contribution in [2.24, 2.45) is 0 Å². The van der Waals surface area contributed by atoms with Crippen molar-refractivity contribution >= 4 is 13.7 Å². The fourth-order valence-corrected chi connectivity index (χ4v) is 9.84. The van der Waals surface area contributed by atoms with Crippen molar-refractivity contribution in [2.75, 3.05) is 40.9 Å². The van der Waals surface area contributed by atoms with E-state index in [9.17, 15) is 19.4 Å². The summed E-state index contributed by atoms with van der Waals surface area (Å²) in [7, 11) is 1.60. The number of amides is 1. The number of phosphoric acid groups is 1. The van der Waals surface area contributed by atoms with E-state index in [4.69, 9.17) is 9.05 Å². The molecule has 418 valence electrons. The molecule has 3 N–H and O–H groups in total. The van der Waals surface area contributed by atoms with Crippen LogP contribution in [0, 0.1) is 0 Å². The number of carbonyl (C=O) groups is 1. The van der Waals surface area contributed by atoms with Crippen LogP contribution in [0.2, 0.25) is 0 Å². The van der Waals surface area contributed by atoms with Gasteiger partial charge in [0, 0.05) is 6.42 Å². The number of carbonyl (C=O) groups excluding carboxylic acids is 1. The molecule has 71 heavy (non-hydrogen) atoms. The number of likely N-dealkylation sites (N-methyl/N-ethyl adjacent to an activating group) is 1. The van der Waals surface area contributed by atoms with Crippen molar-refractivity contribution in [3.8, 4) is 0 Å². The molecule has 0 heterocycles. The summed E-state index contributed by atoms with van der Waals surface area (Å²) in [6.07, 6.45) is 70.5. The largest absolute Gasteiger partial charge is 0.472 e. The van der Waals surface area contributed by atoms with Gasteiger partial charge in [-0.05, 0) is 51.4 Å². The fraction of sp³-hybridized carbons (Fsp3) is 0.855. The molecular formula is C62H120N2O6P+. The molecule has 0 spiro atoms. The van der Waals surface area contributed by atoms with E-state index in [1.54, 1.807) is 0 Å². The van der Waals surface area contributed by atoms with Crippen LogP contribution in [0.15, 0.2) is 48.6 Å². The van der Waals surface area contributed by atoms with E-state index in [1.165, 1.54) is 186 Å². The molecule has 8 nitrogen and oxygen atoms in total. The minimum atomic E-state index is -4.33. The molecule has 0 aromatic heterocycles. The van der Waals surface area contributed by atoms with Crippen molar-refractivity contribution in [3.05, 3.63) is 48.6 Å². The minimum Gasteiger partial charge on any atom is -0.391 e. The predicted octanol–water partition coefficient (Wildman–Crippen LogP) is 18.7. The van der Waals surface area contributed by atoms with Gasteiger partial charge < -0.3 is 19.8 Å². The Labute approximate surface area is 441 Å². The lowest BCUT2D eigenvalue weighted by atomic mass is 10.0. The molecule has 0 aromatic carbocycles. The van der Waals surface area contributed by atoms with E-state index in [-0.39, 0.29) is 19.1 Å². The lowest BCUT2D eigenvalue weighted by Gasteiger charge is -2.26. The quantitative estimate of drug-likeness (QED) is 0.0243. The van der Waals surface area contributed by atoms with Gasteiger partial charge in [0.1, 0.15) is 13.2 Å². The van der Waals surface area contributed by atoms with Gasteiger partial charge in [0.15, 0.2) is 0 Å². The Kier molecular flexibility index (Phi) is 52.1. The monoisotopic (exact) mass is 1020 g/mol. The maximum Gasteiger partial charge on any atom is 0.472 e. The van der Waals surface area contributed by atoms with Gasteiger partial charge in [0.25, 0.3) is 0 Å². The summed E-state index contributed by atoms with van der Waals surface area (Å²) in [5.74, 6) is -0.165. The standard InChI is InChI=1S/C62H119N2O6P/c1-6-8-10-12-14-16-18-20-22-24-25-26-27-28-29-30-31-32-33-34-35-36-37-38-40-41-43-45-47-49-51-53-55-61(65)60(59-70-71(67,68)69-58-57-64(3,4)5)63-62(66)56-54-52-50-48-46-44-42-39-23-21-19-17-15-13-11-9-7-2/h9,11,15,17,21,23,42,44,60-61,65H,6-8,10,12-14,16,18-20,22,24-41,43,45-59H2,1-5H3,(H-,63,66,67,68)/p+1/b11-9-,17-15-,23-21-,44-42-. The summed E-state index contributed by atoms with van der Waals surface area (Å²) in [6, 6.07) is -0.776. The third-order valence-electron chi connectivity index (χ3n) is 13.8. The Morgan fingerprint density at radius 1 is 0.493 bits per heavy atom. The summed E-state index contributed by atoms with van der Waals surface area (Å²) >= 11 is 0. The number of aliphatic hydroxyl groups excluding tert-OH is 1. The number of aliphatic hydroxyl groups is 1. The Balaban J connectivity index is 4.05. The second-order valence-electron chi connectivity index (χ2n) is 22.1. The molecule has 0 saturated carbocycles. The Morgan fingerprint density at radius 2 is 0.845 bits per heavy atom. The molecule has 0 radical (unpaired) electrons. The van der Waals surface area contributed by atoms with Crippen LogP contribution in [0.25, 0.3) is 0 Å². The van der Waals surface area contributed by atoms with E-state index >= 15 is 0 Å². The van der Waals surface area contributed by atoms with Crippen LogP contribution in [0.3, 0.4) is 0 Å². The van der Waals surface area contributed by atoms with Gasteiger partial charge in [-0.1, -0.05) is 281 Å². The molecule has 0 aromatic rings. The second-order valence-corrected chi connectivity index (χ2v) is 23.5. The van der Waals surface area contributed by atoms with E-state index in [2.05, 4.69) is 67.8 Å². The number of quaternary nitrogens is 1.